The van der Waals surface area contributed by atoms with E-state index in [9.17, 15) is 9.59 Å². The fourth-order valence-corrected chi connectivity index (χ4v) is 4.00. The van der Waals surface area contributed by atoms with Crippen molar-refractivity contribution in [3.05, 3.63) is 30.1 Å². The number of amides is 3. The quantitative estimate of drug-likeness (QED) is 0.762. The Morgan fingerprint density at radius 3 is 2.94 bits per heavy atom. The van der Waals surface area contributed by atoms with Gasteiger partial charge in [0.1, 0.15) is 17.2 Å². The number of carbonyl (C=O) groups is 2. The molecule has 2 aromatic rings. The van der Waals surface area contributed by atoms with Crippen LogP contribution in [0.2, 0.25) is 0 Å². The van der Waals surface area contributed by atoms with Gasteiger partial charge in [0.25, 0.3) is 5.91 Å². The molecule has 0 bridgehead atoms. The first-order valence-electron chi connectivity index (χ1n) is 10.3. The lowest BCUT2D eigenvalue weighted by atomic mass is 9.93. The van der Waals surface area contributed by atoms with Crippen molar-refractivity contribution in [1.82, 2.24) is 20.1 Å². The SMILES string of the molecule is Cn1cc(NC(=O)c2cccc(N3C[C@@H](CC#N)NC3=O)n2)c(N2CCC(C)(C)C2)n1. The summed E-state index contributed by atoms with van der Waals surface area (Å²) in [6.07, 6.45) is 3.06. The first-order valence-corrected chi connectivity index (χ1v) is 10.3. The van der Waals surface area contributed by atoms with Crippen molar-refractivity contribution in [3.63, 3.8) is 0 Å². The molecule has 1 atom stereocenters. The van der Waals surface area contributed by atoms with E-state index in [2.05, 4.69) is 45.5 Å². The Balaban J connectivity index is 1.51. The Kier molecular flexibility index (Phi) is 5.27. The number of nitrogens with zero attached hydrogens (tertiary/aromatic N) is 6. The van der Waals surface area contributed by atoms with Crippen LogP contribution in [0.3, 0.4) is 0 Å². The first kappa shape index (κ1) is 20.7. The van der Waals surface area contributed by atoms with E-state index >= 15 is 0 Å². The van der Waals surface area contributed by atoms with Crippen LogP contribution in [0.4, 0.5) is 22.1 Å². The Morgan fingerprint density at radius 1 is 1.42 bits per heavy atom. The van der Waals surface area contributed by atoms with Gasteiger partial charge < -0.3 is 15.5 Å². The summed E-state index contributed by atoms with van der Waals surface area (Å²) in [5.41, 5.74) is 1.03. The summed E-state index contributed by atoms with van der Waals surface area (Å²) in [5.74, 6) is 0.747. The molecule has 2 saturated heterocycles. The van der Waals surface area contributed by atoms with Gasteiger partial charge in [-0.3, -0.25) is 14.4 Å². The van der Waals surface area contributed by atoms with Crippen molar-refractivity contribution in [2.24, 2.45) is 12.5 Å². The van der Waals surface area contributed by atoms with Gasteiger partial charge in [-0.05, 0) is 24.0 Å². The zero-order valence-electron chi connectivity index (χ0n) is 17.9. The molecule has 162 valence electrons. The van der Waals surface area contributed by atoms with Gasteiger partial charge in [0.05, 0.1) is 31.3 Å². The fourth-order valence-electron chi connectivity index (χ4n) is 4.00. The second-order valence-electron chi connectivity index (χ2n) is 8.83. The van der Waals surface area contributed by atoms with E-state index in [1.165, 1.54) is 4.90 Å². The lowest BCUT2D eigenvalue weighted by Gasteiger charge is -2.20. The third-order valence-electron chi connectivity index (χ3n) is 5.59. The summed E-state index contributed by atoms with van der Waals surface area (Å²) in [4.78, 5) is 33.2. The molecule has 2 aliphatic rings. The summed E-state index contributed by atoms with van der Waals surface area (Å²) < 4.78 is 1.68. The molecule has 0 radical (unpaired) electrons. The molecule has 0 saturated carbocycles. The molecule has 10 heteroatoms. The molecule has 10 nitrogen and oxygen atoms in total. The molecule has 2 aromatic heterocycles. The molecular formula is C21H26N8O2. The summed E-state index contributed by atoms with van der Waals surface area (Å²) in [7, 11) is 1.82. The van der Waals surface area contributed by atoms with E-state index in [4.69, 9.17) is 5.26 Å². The molecule has 4 heterocycles. The van der Waals surface area contributed by atoms with Crippen LogP contribution in [-0.2, 0) is 7.05 Å². The average molecular weight is 422 g/mol. The van der Waals surface area contributed by atoms with E-state index in [-0.39, 0.29) is 35.5 Å². The highest BCUT2D eigenvalue weighted by Crippen LogP contribution is 2.35. The van der Waals surface area contributed by atoms with Crippen molar-refractivity contribution in [3.8, 4) is 6.07 Å². The van der Waals surface area contributed by atoms with E-state index in [1.807, 2.05) is 7.05 Å². The molecule has 2 fully saturated rings. The number of carbonyl (C=O) groups excluding carboxylic acids is 2. The molecule has 2 aliphatic heterocycles. The van der Waals surface area contributed by atoms with Crippen LogP contribution in [-0.4, -0.2) is 52.4 Å². The second kappa shape index (κ2) is 7.91. The van der Waals surface area contributed by atoms with Gasteiger partial charge in [-0.1, -0.05) is 19.9 Å². The van der Waals surface area contributed by atoms with Gasteiger partial charge in [-0.2, -0.15) is 10.4 Å². The van der Waals surface area contributed by atoms with Crippen LogP contribution < -0.4 is 20.4 Å². The largest absolute Gasteiger partial charge is 0.353 e. The van der Waals surface area contributed by atoms with Gasteiger partial charge in [0.15, 0.2) is 5.82 Å². The van der Waals surface area contributed by atoms with Crippen LogP contribution in [0, 0.1) is 16.7 Å². The van der Waals surface area contributed by atoms with Crippen LogP contribution in [0.5, 0.6) is 0 Å². The minimum absolute atomic E-state index is 0.200. The predicted octanol–water partition coefficient (Wildman–Crippen LogP) is 2.12. The molecule has 0 aliphatic carbocycles. The Morgan fingerprint density at radius 2 is 2.23 bits per heavy atom. The number of hydrogen-bond acceptors (Lipinski definition) is 6. The van der Waals surface area contributed by atoms with Crippen molar-refractivity contribution in [1.29, 1.82) is 5.26 Å². The highest BCUT2D eigenvalue weighted by Gasteiger charge is 2.33. The van der Waals surface area contributed by atoms with Crippen molar-refractivity contribution >= 4 is 29.3 Å². The number of urea groups is 1. The van der Waals surface area contributed by atoms with Crippen molar-refractivity contribution in [2.75, 3.05) is 34.8 Å². The lowest BCUT2D eigenvalue weighted by Crippen LogP contribution is -2.29. The number of nitrogens with one attached hydrogen (secondary N) is 2. The fraction of sp³-hybridized carbons (Fsp3) is 0.476. The van der Waals surface area contributed by atoms with E-state index in [0.29, 0.717) is 18.1 Å². The number of anilines is 3. The maximum atomic E-state index is 12.9. The maximum Gasteiger partial charge on any atom is 0.323 e. The molecule has 0 unspecified atom stereocenters. The van der Waals surface area contributed by atoms with E-state index in [1.54, 1.807) is 29.1 Å². The zero-order valence-corrected chi connectivity index (χ0v) is 17.9. The van der Waals surface area contributed by atoms with Gasteiger partial charge in [0, 0.05) is 20.1 Å². The minimum Gasteiger partial charge on any atom is -0.353 e. The van der Waals surface area contributed by atoms with Gasteiger partial charge >= 0.3 is 6.03 Å². The highest BCUT2D eigenvalue weighted by molar-refractivity contribution is 6.05. The number of aryl methyl sites for hydroxylation is 1. The molecular weight excluding hydrogens is 396 g/mol. The third kappa shape index (κ3) is 4.30. The van der Waals surface area contributed by atoms with E-state index in [0.717, 1.165) is 25.3 Å². The van der Waals surface area contributed by atoms with E-state index < -0.39 is 0 Å². The number of aromatic nitrogens is 3. The average Bonchev–Trinajstić information content (AvgIpc) is 3.38. The van der Waals surface area contributed by atoms with Crippen LogP contribution >= 0.6 is 0 Å². The number of pyridine rings is 1. The zero-order chi connectivity index (χ0) is 22.2. The predicted molar refractivity (Wildman–Crippen MR) is 116 cm³/mol. The Hall–Kier alpha value is -3.61. The number of hydrogen-bond donors (Lipinski definition) is 2. The van der Waals surface area contributed by atoms with Crippen LogP contribution in [0.15, 0.2) is 24.4 Å². The monoisotopic (exact) mass is 422 g/mol. The van der Waals surface area contributed by atoms with Gasteiger partial charge in [-0.25, -0.2) is 9.78 Å². The topological polar surface area (TPSA) is 119 Å². The summed E-state index contributed by atoms with van der Waals surface area (Å²) >= 11 is 0. The standard InChI is InChI=1S/C21H26N8O2/c1-21(2)8-10-28(13-21)18-16(12-27(3)26-18)25-19(30)15-5-4-6-17(24-15)29-11-14(7-9-22)23-20(29)31/h4-6,12,14H,7-8,10-11,13H2,1-3H3,(H,23,31)(H,25,30)/t14-/m1/s1. The Bertz CT molecular complexity index is 1050. The van der Waals surface area contributed by atoms with Crippen LogP contribution in [0.1, 0.15) is 37.2 Å². The minimum atomic E-state index is -0.372. The smallest absolute Gasteiger partial charge is 0.323 e. The molecule has 2 N–H and O–H groups in total. The summed E-state index contributed by atoms with van der Waals surface area (Å²) in [6, 6.07) is 6.45. The third-order valence-corrected chi connectivity index (χ3v) is 5.59. The molecule has 4 rings (SSSR count). The van der Waals surface area contributed by atoms with Crippen LogP contribution in [0.25, 0.3) is 0 Å². The maximum absolute atomic E-state index is 12.9. The second-order valence-corrected chi connectivity index (χ2v) is 8.83. The summed E-state index contributed by atoms with van der Waals surface area (Å²) in [6.45, 7) is 6.53. The Labute approximate surface area is 180 Å². The highest BCUT2D eigenvalue weighted by atomic mass is 16.2. The lowest BCUT2D eigenvalue weighted by molar-refractivity contribution is 0.102. The summed E-state index contributed by atoms with van der Waals surface area (Å²) in [5, 5.41) is 19.1. The van der Waals surface area contributed by atoms with Crippen molar-refractivity contribution in [2.45, 2.75) is 32.7 Å². The van der Waals surface area contributed by atoms with Gasteiger partial charge in [-0.15, -0.1) is 0 Å². The normalized spacial score (nSPS) is 19.9. The molecule has 31 heavy (non-hydrogen) atoms. The number of nitriles is 1. The molecule has 0 spiro atoms. The van der Waals surface area contributed by atoms with Crippen molar-refractivity contribution < 1.29 is 9.59 Å². The number of rotatable bonds is 5. The first-order chi connectivity index (χ1) is 14.8. The molecule has 0 aromatic carbocycles. The van der Waals surface area contributed by atoms with Gasteiger partial charge in [0.2, 0.25) is 0 Å². The molecule has 3 amide bonds.